The number of benzene rings is 2. The molecule has 21 nitrogen and oxygen atoms in total. The summed E-state index contributed by atoms with van der Waals surface area (Å²) in [6.07, 6.45) is 4.27. The van der Waals surface area contributed by atoms with Crippen LogP contribution in [0.4, 0.5) is 9.18 Å². The van der Waals surface area contributed by atoms with Gasteiger partial charge in [-0.15, -0.1) is 6.54 Å². The molecule has 1 aliphatic heterocycles. The Morgan fingerprint density at radius 3 is 2.21 bits per heavy atom. The van der Waals surface area contributed by atoms with Gasteiger partial charge < -0.3 is 61.8 Å². The molecule has 6 rings (SSSR count). The Bertz CT molecular complexity index is 2690. The zero-order chi connectivity index (χ0) is 56.3. The number of hydrogen-bond acceptors (Lipinski definition) is 12. The summed E-state index contributed by atoms with van der Waals surface area (Å²) in [5, 5.41) is 22.4. The summed E-state index contributed by atoms with van der Waals surface area (Å²) in [5.74, 6) is -2.95. The maximum atomic E-state index is 14.5. The number of ether oxygens (including phenoxy) is 2. The Kier molecular flexibility index (Phi) is 31.3. The maximum Gasteiger partial charge on any atom is 1.00 e. The molecular formula is C54H75FKN9O12. The van der Waals surface area contributed by atoms with E-state index in [1.807, 2.05) is 60.6 Å². The molecule has 8 N–H and O–H groups in total. The number of primary amides is 1. The molecule has 0 saturated carbocycles. The van der Waals surface area contributed by atoms with Crippen LogP contribution < -0.4 is 89.3 Å². The topological polar surface area (TPSA) is 303 Å². The molecule has 2 aromatic carbocycles. The Morgan fingerprint density at radius 2 is 1.53 bits per heavy atom. The number of nitrogens with zero attached hydrogens (tertiary/aromatic N) is 3. The van der Waals surface area contributed by atoms with Crippen molar-refractivity contribution in [2.75, 3.05) is 46.1 Å². The van der Waals surface area contributed by atoms with Gasteiger partial charge in [0, 0.05) is 36.4 Å². The summed E-state index contributed by atoms with van der Waals surface area (Å²) in [5.41, 5.74) is 16.1. The van der Waals surface area contributed by atoms with E-state index in [4.69, 9.17) is 25.4 Å². The number of aromatic nitrogens is 2. The van der Waals surface area contributed by atoms with Crippen molar-refractivity contribution in [2.24, 2.45) is 11.7 Å². The third-order valence-corrected chi connectivity index (χ3v) is 11.7. The van der Waals surface area contributed by atoms with Crippen molar-refractivity contribution < 1.29 is 109 Å². The quantitative estimate of drug-likeness (QED) is 0.0145. The van der Waals surface area contributed by atoms with Gasteiger partial charge in [-0.3, -0.25) is 33.6 Å². The fourth-order valence-corrected chi connectivity index (χ4v) is 8.23. The van der Waals surface area contributed by atoms with Crippen molar-refractivity contribution in [2.45, 2.75) is 126 Å². The van der Waals surface area contributed by atoms with Gasteiger partial charge in [0.2, 0.25) is 35.4 Å². The van der Waals surface area contributed by atoms with Gasteiger partial charge in [-0.25, -0.2) is 14.2 Å². The first-order valence-corrected chi connectivity index (χ1v) is 25.7. The number of amides is 6. The van der Waals surface area contributed by atoms with Crippen LogP contribution in [0.25, 0.3) is 27.8 Å². The number of carbonyl (C=O) groups excluding carboxylic acids is 6. The fraction of sp³-hybridized carbons (Fsp3) is 0.500. The van der Waals surface area contributed by atoms with Gasteiger partial charge in [-0.1, -0.05) is 84.7 Å². The Labute approximate surface area is 491 Å². The van der Waals surface area contributed by atoms with E-state index in [1.54, 1.807) is 35.8 Å². The van der Waals surface area contributed by atoms with E-state index < -0.39 is 54.8 Å². The molecule has 1 atom stereocenters. The first-order chi connectivity index (χ1) is 36.4. The fourth-order valence-electron chi connectivity index (χ4n) is 8.23. The largest absolute Gasteiger partial charge is 1.00 e. The normalized spacial score (nSPS) is 11.8. The van der Waals surface area contributed by atoms with Crippen LogP contribution in [0.2, 0.25) is 0 Å². The molecular weight excluding hydrogens is 1020 g/mol. The van der Waals surface area contributed by atoms with E-state index in [9.17, 15) is 42.7 Å². The molecule has 2 aromatic heterocycles. The second kappa shape index (κ2) is 35.7. The number of carboxylic acid groups (broad SMARTS) is 1. The minimum absolute atomic E-state index is 0. The summed E-state index contributed by atoms with van der Waals surface area (Å²) in [6, 6.07) is 11.2. The first kappa shape index (κ1) is 67.4. The smallest absolute Gasteiger partial charge is 0.534 e. The Hall–Kier alpha value is -5.66. The minimum Gasteiger partial charge on any atom is -0.534 e. The number of aryl methyl sites for hydroxylation is 3. The molecule has 416 valence electrons. The van der Waals surface area contributed by atoms with E-state index in [0.717, 1.165) is 71.9 Å². The van der Waals surface area contributed by atoms with E-state index >= 15 is 0 Å². The van der Waals surface area contributed by atoms with Gasteiger partial charge >= 0.3 is 57.5 Å². The molecule has 0 radical (unpaired) electrons. The standard InChI is InChI=1S/C28H44N7O8.C22H19FN2O4.2C2H6.K/c1-20(2)13-24(37)30-11-7-4-8-12-34-43-18-27(40)31-16-26(39)35-22(14-21-9-5-3-6-10-21)28(41)32-15-25(38)33-19-42-17-23(29)36;1-10-6-18-20-14(8-25(18)21(26)15(10)9-29-22(27)28)13-5-3-4-12-11(2)16(23)7-17(24-20)19(12)13;2*1-2;/h3,5-6,9-10,20,22H,4,7-8,11-19H2,1-2H3,(H2,29,36)(H,30,37)(H,31,40)(H,32,41)(H,33,38)(H,35,39);6-7H,3-5,8-9H2,1-2H3,(H,27,28);2*1-2H3;/q-1;;;;+1. The zero-order valence-corrected chi connectivity index (χ0v) is 49.1. The molecule has 77 heavy (non-hydrogen) atoms. The number of halogens is 1. The molecule has 0 saturated heterocycles. The summed E-state index contributed by atoms with van der Waals surface area (Å²) >= 11 is 0. The van der Waals surface area contributed by atoms with E-state index in [0.29, 0.717) is 59.9 Å². The molecule has 0 spiro atoms. The van der Waals surface area contributed by atoms with Crippen molar-refractivity contribution in [1.29, 1.82) is 0 Å². The second-order valence-electron chi connectivity index (χ2n) is 17.8. The van der Waals surface area contributed by atoms with Gasteiger partial charge in [-0.05, 0) is 79.3 Å². The molecule has 6 amide bonds. The van der Waals surface area contributed by atoms with Crippen LogP contribution in [0.15, 0.2) is 47.3 Å². The molecule has 0 fully saturated rings. The molecule has 1 unspecified atom stereocenters. The van der Waals surface area contributed by atoms with Crippen LogP contribution in [0.5, 0.6) is 0 Å². The van der Waals surface area contributed by atoms with Gasteiger partial charge in [0.15, 0.2) is 0 Å². The average Bonchev–Trinajstić information content (AvgIpc) is 3.76. The third kappa shape index (κ3) is 21.9. The van der Waals surface area contributed by atoms with Crippen molar-refractivity contribution in [3.05, 3.63) is 103 Å². The minimum atomic E-state index is -1.42. The predicted molar refractivity (Wildman–Crippen MR) is 284 cm³/mol. The zero-order valence-electron chi connectivity index (χ0n) is 46.0. The first-order valence-electron chi connectivity index (χ1n) is 25.7. The monoisotopic (exact) mass is 1100 g/mol. The van der Waals surface area contributed by atoms with Crippen molar-refractivity contribution >= 4 is 52.5 Å². The Morgan fingerprint density at radius 1 is 0.844 bits per heavy atom. The average molecular weight is 1100 g/mol. The van der Waals surface area contributed by atoms with Gasteiger partial charge in [-0.2, -0.15) is 0 Å². The number of hydroxylamine groups is 1. The number of pyridine rings is 2. The number of carbonyl (C=O) groups is 7. The van der Waals surface area contributed by atoms with Crippen LogP contribution in [-0.4, -0.2) is 108 Å². The van der Waals surface area contributed by atoms with Crippen LogP contribution in [-0.2, 0) is 75.5 Å². The molecule has 2 aliphatic rings. The third-order valence-electron chi connectivity index (χ3n) is 11.7. The van der Waals surface area contributed by atoms with Crippen LogP contribution in [0.3, 0.4) is 0 Å². The van der Waals surface area contributed by atoms with Crippen LogP contribution in [0.1, 0.15) is 113 Å². The summed E-state index contributed by atoms with van der Waals surface area (Å²) in [6.45, 7) is 14.8. The van der Waals surface area contributed by atoms with E-state index in [1.165, 1.54) is 6.07 Å². The number of rotatable bonds is 25. The number of hydrogen-bond donors (Lipinski definition) is 7. The molecule has 0 bridgehead atoms. The van der Waals surface area contributed by atoms with Crippen LogP contribution in [0, 0.1) is 25.6 Å². The Balaban J connectivity index is 0.000000515. The number of nitrogens with one attached hydrogen (secondary N) is 5. The molecule has 4 aromatic rings. The summed E-state index contributed by atoms with van der Waals surface area (Å²) < 4.78 is 25.6. The predicted octanol–water partition coefficient (Wildman–Crippen LogP) is 2.08. The number of unbranched alkanes of at least 4 members (excludes halogenated alkanes) is 2. The maximum absolute atomic E-state index is 14.5. The molecule has 1 aliphatic carbocycles. The van der Waals surface area contributed by atoms with Crippen LogP contribution >= 0.6 is 0 Å². The number of fused-ring (bicyclic) bond motifs is 4. The van der Waals surface area contributed by atoms with E-state index in [2.05, 4.69) is 36.8 Å². The SMILES string of the molecule is CC.CC.CC(C)CC(=O)NCCCCC[N-]OCC(=O)NCC(=O)NC(Cc1ccccc1)C(=O)NCC(=O)NCOCC(N)=O.Cc1cc2n(c(=O)c1COC(=O)O)Cc1c-2nc2cc(F)c(C)c3c2c1CCC3.[K+]. The number of nitrogens with two attached hydrogens (primary N) is 1. The van der Waals surface area contributed by atoms with Gasteiger partial charge in [0.25, 0.3) is 5.56 Å². The van der Waals surface area contributed by atoms with E-state index in [-0.39, 0.29) is 102 Å². The van der Waals surface area contributed by atoms with Gasteiger partial charge in [0.05, 0.1) is 42.1 Å². The molecule has 3 heterocycles. The van der Waals surface area contributed by atoms with Gasteiger partial charge in [0.1, 0.15) is 38.4 Å². The molecule has 23 heteroatoms. The second-order valence-corrected chi connectivity index (χ2v) is 17.8. The van der Waals surface area contributed by atoms with Crippen molar-refractivity contribution in [3.8, 4) is 11.4 Å². The summed E-state index contributed by atoms with van der Waals surface area (Å²) in [4.78, 5) is 105. The summed E-state index contributed by atoms with van der Waals surface area (Å²) in [7, 11) is 0. The van der Waals surface area contributed by atoms with Crippen molar-refractivity contribution in [3.63, 3.8) is 0 Å². The van der Waals surface area contributed by atoms with Crippen molar-refractivity contribution in [1.82, 2.24) is 36.1 Å².